The second-order valence-corrected chi connectivity index (χ2v) is 4.96. The molecule has 0 aliphatic heterocycles. The van der Waals surface area contributed by atoms with Gasteiger partial charge in [-0.1, -0.05) is 35.3 Å². The molecule has 1 N–H and O–H groups in total. The van der Waals surface area contributed by atoms with Crippen molar-refractivity contribution in [1.82, 2.24) is 0 Å². The number of anilines is 1. The van der Waals surface area contributed by atoms with E-state index in [2.05, 4.69) is 5.32 Å². The zero-order valence-electron chi connectivity index (χ0n) is 10.8. The van der Waals surface area contributed by atoms with Crippen LogP contribution < -0.4 is 10.1 Å². The van der Waals surface area contributed by atoms with Crippen molar-refractivity contribution < 1.29 is 14.3 Å². The zero-order valence-corrected chi connectivity index (χ0v) is 12.3. The van der Waals surface area contributed by atoms with Gasteiger partial charge in [0.15, 0.2) is 12.9 Å². The Hall–Kier alpha value is -2.04. The third-order valence-electron chi connectivity index (χ3n) is 2.61. The Labute approximate surface area is 131 Å². The summed E-state index contributed by atoms with van der Waals surface area (Å²) in [5, 5.41) is 3.48. The fraction of sp³-hybridized carbons (Fsp3) is 0.0667. The van der Waals surface area contributed by atoms with Gasteiger partial charge in [-0.15, -0.1) is 0 Å². The molecular formula is C15H11Cl2NO3. The monoisotopic (exact) mass is 323 g/mol. The number of ether oxygens (including phenoxy) is 1. The Bertz CT molecular complexity index is 674. The number of hydrogen-bond donors (Lipinski definition) is 1. The highest BCUT2D eigenvalue weighted by molar-refractivity contribution is 6.33. The van der Waals surface area contributed by atoms with Crippen LogP contribution in [0.2, 0.25) is 10.0 Å². The number of carbonyl (C=O) groups is 2. The fourth-order valence-corrected chi connectivity index (χ4v) is 2.00. The first-order chi connectivity index (χ1) is 10.1. The van der Waals surface area contributed by atoms with E-state index < -0.39 is 0 Å². The van der Waals surface area contributed by atoms with Crippen molar-refractivity contribution in [3.8, 4) is 5.75 Å². The van der Waals surface area contributed by atoms with Crippen molar-refractivity contribution in [3.05, 3.63) is 58.1 Å². The number of hydrogen-bond acceptors (Lipinski definition) is 3. The van der Waals surface area contributed by atoms with E-state index in [1.54, 1.807) is 30.3 Å². The lowest BCUT2D eigenvalue weighted by Gasteiger charge is -2.10. The lowest BCUT2D eigenvalue weighted by Crippen LogP contribution is -2.20. The molecule has 0 saturated heterocycles. The minimum atomic E-state index is -0.380. The molecule has 0 heterocycles. The third kappa shape index (κ3) is 4.21. The minimum absolute atomic E-state index is 0.242. The van der Waals surface area contributed by atoms with Gasteiger partial charge in [0.2, 0.25) is 0 Å². The first-order valence-electron chi connectivity index (χ1n) is 6.02. The van der Waals surface area contributed by atoms with Crippen molar-refractivity contribution in [2.24, 2.45) is 0 Å². The van der Waals surface area contributed by atoms with Crippen molar-refractivity contribution in [1.29, 1.82) is 0 Å². The molecule has 21 heavy (non-hydrogen) atoms. The van der Waals surface area contributed by atoms with Crippen molar-refractivity contribution in [2.75, 3.05) is 11.9 Å². The molecule has 1 amide bonds. The van der Waals surface area contributed by atoms with Gasteiger partial charge < -0.3 is 10.1 Å². The maximum absolute atomic E-state index is 11.8. The van der Waals surface area contributed by atoms with Crippen LogP contribution in [-0.4, -0.2) is 18.8 Å². The van der Waals surface area contributed by atoms with Crippen LogP contribution in [0.25, 0.3) is 0 Å². The van der Waals surface area contributed by atoms with Crippen molar-refractivity contribution in [2.45, 2.75) is 0 Å². The van der Waals surface area contributed by atoms with Crippen molar-refractivity contribution >= 4 is 41.1 Å². The molecule has 0 unspecified atom stereocenters. The van der Waals surface area contributed by atoms with Gasteiger partial charge in [0.25, 0.3) is 5.91 Å². The summed E-state index contributed by atoms with van der Waals surface area (Å²) in [5.41, 5.74) is 0.785. The average molecular weight is 324 g/mol. The summed E-state index contributed by atoms with van der Waals surface area (Å²) < 4.78 is 5.31. The van der Waals surface area contributed by atoms with Gasteiger partial charge >= 0.3 is 0 Å². The van der Waals surface area contributed by atoms with Gasteiger partial charge in [0.1, 0.15) is 5.75 Å². The molecule has 2 aromatic carbocycles. The van der Waals surface area contributed by atoms with Crippen LogP contribution in [0.1, 0.15) is 10.4 Å². The van der Waals surface area contributed by atoms with Crippen molar-refractivity contribution in [3.63, 3.8) is 0 Å². The Kier molecular flexibility index (Phi) is 5.20. The van der Waals surface area contributed by atoms with Gasteiger partial charge in [-0.05, 0) is 30.3 Å². The summed E-state index contributed by atoms with van der Waals surface area (Å²) in [6.07, 6.45) is 0.618. The van der Waals surface area contributed by atoms with Crippen LogP contribution in [0.3, 0.4) is 0 Å². The normalized spacial score (nSPS) is 10.0. The standard InChI is InChI=1S/C15H11Cl2NO3/c16-11-5-6-14(10(7-11)8-19)21-9-15(20)18-13-4-2-1-3-12(13)17/h1-8H,9H2,(H,18,20). The quantitative estimate of drug-likeness (QED) is 0.851. The third-order valence-corrected chi connectivity index (χ3v) is 3.17. The molecule has 2 rings (SSSR count). The van der Waals surface area contributed by atoms with Crippen LogP contribution in [0.5, 0.6) is 5.75 Å². The lowest BCUT2D eigenvalue weighted by atomic mass is 10.2. The molecule has 0 spiro atoms. The Balaban J connectivity index is 1.99. The lowest BCUT2D eigenvalue weighted by molar-refractivity contribution is -0.118. The maximum Gasteiger partial charge on any atom is 0.262 e. The summed E-state index contributed by atoms with van der Waals surface area (Å²) in [6.45, 7) is -0.242. The summed E-state index contributed by atoms with van der Waals surface area (Å²) in [4.78, 5) is 22.7. The highest BCUT2D eigenvalue weighted by Crippen LogP contribution is 2.22. The predicted molar refractivity (Wildman–Crippen MR) is 82.4 cm³/mol. The molecule has 0 radical (unpaired) electrons. The molecule has 0 bridgehead atoms. The van der Waals surface area contributed by atoms with E-state index in [4.69, 9.17) is 27.9 Å². The maximum atomic E-state index is 11.8. The van der Waals surface area contributed by atoms with E-state index in [1.807, 2.05) is 0 Å². The van der Waals surface area contributed by atoms with Gasteiger partial charge in [0.05, 0.1) is 16.3 Å². The molecule has 0 aliphatic carbocycles. The highest BCUT2D eigenvalue weighted by atomic mass is 35.5. The SMILES string of the molecule is O=Cc1cc(Cl)ccc1OCC(=O)Nc1ccccc1Cl. The van der Waals surface area contributed by atoms with Gasteiger partial charge in [-0.2, -0.15) is 0 Å². The van der Waals surface area contributed by atoms with Crippen LogP contribution in [0.15, 0.2) is 42.5 Å². The number of amides is 1. The molecule has 6 heteroatoms. The molecule has 0 atom stereocenters. The summed E-state index contributed by atoms with van der Waals surface area (Å²) in [5.74, 6) is -0.0846. The van der Waals surface area contributed by atoms with E-state index in [0.717, 1.165) is 0 Å². The van der Waals surface area contributed by atoms with Crippen LogP contribution >= 0.6 is 23.2 Å². The Morgan fingerprint density at radius 3 is 2.67 bits per heavy atom. The topological polar surface area (TPSA) is 55.4 Å². The molecule has 0 aromatic heterocycles. The first-order valence-corrected chi connectivity index (χ1v) is 6.77. The number of benzene rings is 2. The van der Waals surface area contributed by atoms with Crippen LogP contribution in [0, 0.1) is 0 Å². The molecule has 0 saturated carbocycles. The summed E-state index contributed by atoms with van der Waals surface area (Å²) in [7, 11) is 0. The van der Waals surface area contributed by atoms with E-state index in [-0.39, 0.29) is 18.1 Å². The van der Waals surface area contributed by atoms with E-state index in [1.165, 1.54) is 12.1 Å². The van der Waals surface area contributed by atoms with Gasteiger partial charge in [-0.3, -0.25) is 9.59 Å². The number of para-hydroxylation sites is 1. The van der Waals surface area contributed by atoms with E-state index >= 15 is 0 Å². The van der Waals surface area contributed by atoms with Gasteiger partial charge in [-0.25, -0.2) is 0 Å². The second-order valence-electron chi connectivity index (χ2n) is 4.12. The molecular weight excluding hydrogens is 313 g/mol. The zero-order chi connectivity index (χ0) is 15.2. The molecule has 0 fully saturated rings. The van der Waals surface area contributed by atoms with E-state index in [9.17, 15) is 9.59 Å². The fourth-order valence-electron chi connectivity index (χ4n) is 1.64. The average Bonchev–Trinajstić information content (AvgIpc) is 2.48. The summed E-state index contributed by atoms with van der Waals surface area (Å²) in [6, 6.07) is 11.5. The number of carbonyl (C=O) groups excluding carboxylic acids is 2. The highest BCUT2D eigenvalue weighted by Gasteiger charge is 2.09. The van der Waals surface area contributed by atoms with Crippen LogP contribution in [-0.2, 0) is 4.79 Å². The molecule has 108 valence electrons. The number of halogens is 2. The summed E-state index contributed by atoms with van der Waals surface area (Å²) >= 11 is 11.7. The number of rotatable bonds is 5. The van der Waals surface area contributed by atoms with E-state index in [0.29, 0.717) is 27.8 Å². The smallest absolute Gasteiger partial charge is 0.262 e. The second kappa shape index (κ2) is 7.11. The number of nitrogens with one attached hydrogen (secondary N) is 1. The van der Waals surface area contributed by atoms with Gasteiger partial charge in [0, 0.05) is 5.02 Å². The number of aldehydes is 1. The van der Waals surface area contributed by atoms with Crippen LogP contribution in [0.4, 0.5) is 5.69 Å². The first kappa shape index (κ1) is 15.4. The largest absolute Gasteiger partial charge is 0.483 e. The molecule has 0 aliphatic rings. The predicted octanol–water partition coefficient (Wildman–Crippen LogP) is 3.82. The Morgan fingerprint density at radius 1 is 1.19 bits per heavy atom. The molecule has 4 nitrogen and oxygen atoms in total. The Morgan fingerprint density at radius 2 is 1.95 bits per heavy atom. The molecule has 2 aromatic rings. The minimum Gasteiger partial charge on any atom is -0.483 e.